The molecular weight excluding hydrogens is 521 g/mol. The van der Waals surface area contributed by atoms with Crippen molar-refractivity contribution in [3.8, 4) is 11.5 Å². The van der Waals surface area contributed by atoms with E-state index in [1.165, 1.54) is 12.0 Å². The molecule has 9 heteroatoms. The molecule has 1 aliphatic heterocycles. The molecule has 2 aliphatic rings. The smallest absolute Gasteiger partial charge is 0.223 e. The van der Waals surface area contributed by atoms with Crippen LogP contribution >= 0.6 is 24.0 Å². The molecule has 1 aliphatic carbocycles. The molecule has 0 aromatic heterocycles. The van der Waals surface area contributed by atoms with Gasteiger partial charge in [0.05, 0.1) is 14.2 Å². The van der Waals surface area contributed by atoms with Crippen LogP contribution in [0.15, 0.2) is 23.2 Å². The second-order valence-electron chi connectivity index (χ2n) is 8.36. The van der Waals surface area contributed by atoms with Gasteiger partial charge >= 0.3 is 0 Å². The van der Waals surface area contributed by atoms with E-state index in [1.54, 1.807) is 21.3 Å². The van der Waals surface area contributed by atoms with Crippen LogP contribution in [0.25, 0.3) is 0 Å². The van der Waals surface area contributed by atoms with Crippen LogP contribution in [0.3, 0.4) is 0 Å². The summed E-state index contributed by atoms with van der Waals surface area (Å²) in [6.07, 6.45) is 5.23. The lowest BCUT2D eigenvalue weighted by molar-refractivity contribution is -0.127. The third kappa shape index (κ3) is 7.99. The molecule has 2 fully saturated rings. The largest absolute Gasteiger partial charge is 0.497 e. The first-order chi connectivity index (χ1) is 15.1. The molecule has 1 aromatic rings. The number of likely N-dealkylation sites (tertiary alicyclic amines) is 1. The number of guanidine groups is 1. The third-order valence-corrected chi connectivity index (χ3v) is 6.08. The summed E-state index contributed by atoms with van der Waals surface area (Å²) in [5.74, 6) is 2.92. The Kier molecular flexibility index (Phi) is 11.4. The van der Waals surface area contributed by atoms with Crippen molar-refractivity contribution in [1.82, 2.24) is 20.9 Å². The number of benzene rings is 1. The first-order valence-electron chi connectivity index (χ1n) is 11.3. The predicted molar refractivity (Wildman–Crippen MR) is 138 cm³/mol. The maximum Gasteiger partial charge on any atom is 0.223 e. The van der Waals surface area contributed by atoms with Crippen LogP contribution in [0.4, 0.5) is 0 Å². The molecule has 1 saturated heterocycles. The summed E-state index contributed by atoms with van der Waals surface area (Å²) in [7, 11) is 5.15. The van der Waals surface area contributed by atoms with Crippen LogP contribution in [0.1, 0.15) is 37.7 Å². The van der Waals surface area contributed by atoms with Crippen molar-refractivity contribution in [2.75, 3.05) is 47.4 Å². The Bertz CT molecular complexity index is 735. The van der Waals surface area contributed by atoms with Gasteiger partial charge in [-0.05, 0) is 43.4 Å². The Labute approximate surface area is 208 Å². The number of nitrogens with zero attached hydrogens (tertiary/aromatic N) is 2. The van der Waals surface area contributed by atoms with Crippen molar-refractivity contribution in [3.05, 3.63) is 23.8 Å². The monoisotopic (exact) mass is 559 g/mol. The number of ether oxygens (including phenoxy) is 2. The maximum absolute atomic E-state index is 11.9. The Morgan fingerprint density at radius 2 is 1.78 bits per heavy atom. The number of halogens is 1. The molecule has 3 N–H and O–H groups in total. The Morgan fingerprint density at radius 3 is 2.38 bits per heavy atom. The minimum Gasteiger partial charge on any atom is -0.497 e. The van der Waals surface area contributed by atoms with Crippen LogP contribution in [0.5, 0.6) is 11.5 Å². The van der Waals surface area contributed by atoms with Crippen LogP contribution < -0.4 is 25.4 Å². The Morgan fingerprint density at radius 1 is 1.09 bits per heavy atom. The molecule has 180 valence electrons. The van der Waals surface area contributed by atoms with Crippen molar-refractivity contribution in [3.63, 3.8) is 0 Å². The number of carbonyl (C=O) groups is 1. The van der Waals surface area contributed by atoms with E-state index in [4.69, 9.17) is 9.47 Å². The summed E-state index contributed by atoms with van der Waals surface area (Å²) in [5.41, 5.74) is 1.18. The van der Waals surface area contributed by atoms with Gasteiger partial charge in [-0.25, -0.2) is 0 Å². The highest BCUT2D eigenvalue weighted by molar-refractivity contribution is 14.0. The molecule has 1 amide bonds. The normalized spacial score (nSPS) is 19.0. The highest BCUT2D eigenvalue weighted by Gasteiger charge is 2.25. The molecule has 8 nitrogen and oxygen atoms in total. The average Bonchev–Trinajstić information content (AvgIpc) is 3.17. The molecule has 32 heavy (non-hydrogen) atoms. The fraction of sp³-hybridized carbons (Fsp3) is 0.652. The van der Waals surface area contributed by atoms with Gasteiger partial charge < -0.3 is 25.4 Å². The molecule has 3 rings (SSSR count). The lowest BCUT2D eigenvalue weighted by Gasteiger charge is -2.24. The van der Waals surface area contributed by atoms with Gasteiger partial charge in [0.1, 0.15) is 11.5 Å². The quantitative estimate of drug-likeness (QED) is 0.177. The molecule has 0 bridgehead atoms. The predicted octanol–water partition coefficient (Wildman–Crippen LogP) is 2.37. The highest BCUT2D eigenvalue weighted by atomic mass is 127. The molecular formula is C23H38IN5O3. The first kappa shape index (κ1) is 26.5. The van der Waals surface area contributed by atoms with Gasteiger partial charge in [0, 0.05) is 57.8 Å². The van der Waals surface area contributed by atoms with Gasteiger partial charge in [0.15, 0.2) is 5.96 Å². The fourth-order valence-electron chi connectivity index (χ4n) is 4.02. The minimum absolute atomic E-state index is 0. The fourth-order valence-corrected chi connectivity index (χ4v) is 4.02. The molecule has 0 spiro atoms. The minimum atomic E-state index is 0. The topological polar surface area (TPSA) is 87.2 Å². The molecule has 0 radical (unpaired) electrons. The summed E-state index contributed by atoms with van der Waals surface area (Å²) in [6, 6.07) is 6.38. The van der Waals surface area contributed by atoms with Crippen LogP contribution in [0, 0.1) is 5.92 Å². The Balaban J connectivity index is 0.00000363. The number of carbonyl (C=O) groups excluding carboxylic acids is 1. The number of amides is 1. The molecule has 1 atom stereocenters. The number of hydrogen-bond donors (Lipinski definition) is 3. The van der Waals surface area contributed by atoms with Crippen molar-refractivity contribution in [2.24, 2.45) is 10.9 Å². The zero-order chi connectivity index (χ0) is 22.1. The average molecular weight is 559 g/mol. The van der Waals surface area contributed by atoms with Gasteiger partial charge in [-0.1, -0.05) is 6.42 Å². The van der Waals surface area contributed by atoms with E-state index >= 15 is 0 Å². The van der Waals surface area contributed by atoms with Crippen molar-refractivity contribution in [1.29, 1.82) is 0 Å². The summed E-state index contributed by atoms with van der Waals surface area (Å²) in [4.78, 5) is 18.6. The first-order valence-corrected chi connectivity index (χ1v) is 11.3. The molecule has 1 saturated carbocycles. The number of methoxy groups -OCH3 is 2. The zero-order valence-electron chi connectivity index (χ0n) is 19.5. The standard InChI is InChI=1S/C23H37N5O3.HI/c1-24-23(26-10-5-9-25-22(29)18-6-4-7-18)27-19-8-11-28(16-19)15-17-12-20(30-2)14-21(13-17)31-3;/h12-14,18-19H,4-11,15-16H2,1-3H3,(H,25,29)(H2,24,26,27);1H. The van der Waals surface area contributed by atoms with Crippen molar-refractivity contribution < 1.29 is 14.3 Å². The van der Waals surface area contributed by atoms with Crippen LogP contribution in [-0.4, -0.2) is 70.3 Å². The summed E-state index contributed by atoms with van der Waals surface area (Å²) in [5, 5.41) is 9.91. The number of rotatable bonds is 10. The van der Waals surface area contributed by atoms with E-state index in [0.29, 0.717) is 12.6 Å². The maximum atomic E-state index is 11.9. The van der Waals surface area contributed by atoms with Gasteiger partial charge in [-0.3, -0.25) is 14.7 Å². The van der Waals surface area contributed by atoms with Crippen LogP contribution in [-0.2, 0) is 11.3 Å². The lowest BCUT2D eigenvalue weighted by Crippen LogP contribution is -2.45. The van der Waals surface area contributed by atoms with Gasteiger partial charge in [0.2, 0.25) is 5.91 Å². The van der Waals surface area contributed by atoms with E-state index in [9.17, 15) is 4.79 Å². The van der Waals surface area contributed by atoms with E-state index < -0.39 is 0 Å². The van der Waals surface area contributed by atoms with Crippen molar-refractivity contribution in [2.45, 2.75) is 44.7 Å². The number of hydrogen-bond acceptors (Lipinski definition) is 5. The zero-order valence-corrected chi connectivity index (χ0v) is 21.8. The van der Waals surface area contributed by atoms with E-state index in [-0.39, 0.29) is 35.8 Å². The number of aliphatic imine (C=N–C) groups is 1. The van der Waals surface area contributed by atoms with Gasteiger partial charge in [-0.2, -0.15) is 0 Å². The van der Waals surface area contributed by atoms with Gasteiger partial charge in [-0.15, -0.1) is 24.0 Å². The highest BCUT2D eigenvalue weighted by Crippen LogP contribution is 2.26. The summed E-state index contributed by atoms with van der Waals surface area (Å²) in [6.45, 7) is 4.34. The lowest BCUT2D eigenvalue weighted by atomic mass is 9.85. The van der Waals surface area contributed by atoms with E-state index in [0.717, 1.165) is 69.3 Å². The summed E-state index contributed by atoms with van der Waals surface area (Å²) >= 11 is 0. The summed E-state index contributed by atoms with van der Waals surface area (Å²) < 4.78 is 10.8. The second-order valence-corrected chi connectivity index (χ2v) is 8.36. The van der Waals surface area contributed by atoms with Crippen molar-refractivity contribution >= 4 is 35.8 Å². The molecule has 1 heterocycles. The van der Waals surface area contributed by atoms with Crippen LogP contribution in [0.2, 0.25) is 0 Å². The van der Waals surface area contributed by atoms with E-state index in [1.807, 2.05) is 6.07 Å². The molecule has 1 unspecified atom stereocenters. The third-order valence-electron chi connectivity index (χ3n) is 6.08. The number of nitrogens with one attached hydrogen (secondary N) is 3. The Hall–Kier alpha value is -1.75. The SMILES string of the molecule is CN=C(NCCCNC(=O)C1CCC1)NC1CCN(Cc2cc(OC)cc(OC)c2)C1.I. The van der Waals surface area contributed by atoms with E-state index in [2.05, 4.69) is 38.0 Å². The van der Waals surface area contributed by atoms with Gasteiger partial charge in [0.25, 0.3) is 0 Å². The second kappa shape index (κ2) is 13.7. The molecule has 1 aromatic carbocycles.